The fourth-order valence-electron chi connectivity index (χ4n) is 2.73. The molecule has 1 aromatic carbocycles. The van der Waals surface area contributed by atoms with Crippen molar-refractivity contribution in [3.63, 3.8) is 0 Å². The Morgan fingerprint density at radius 3 is 2.54 bits per heavy atom. The Morgan fingerprint density at radius 1 is 1.12 bits per heavy atom. The standard InChI is InChI=1S/C17H24FN3O3/c18-13-8-6-12(7-9-13)14-11-15(21-20-14)17(24)19-10-4-2-1-3-5-16(22)23/h6-9,14-15,20-21H,1-5,10-11H2,(H,19,24)(H,22,23). The smallest absolute Gasteiger partial charge is 0.303 e. The highest BCUT2D eigenvalue weighted by Crippen LogP contribution is 2.22. The van der Waals surface area contributed by atoms with Crippen molar-refractivity contribution in [1.82, 2.24) is 16.2 Å². The SMILES string of the molecule is O=C(O)CCCCCCNC(=O)C1CC(c2ccc(F)cc2)NN1. The van der Waals surface area contributed by atoms with Crippen LogP contribution in [-0.4, -0.2) is 29.6 Å². The number of carbonyl (C=O) groups is 2. The van der Waals surface area contributed by atoms with Crippen molar-refractivity contribution in [3.8, 4) is 0 Å². The number of nitrogens with one attached hydrogen (secondary N) is 3. The molecule has 6 nitrogen and oxygen atoms in total. The largest absolute Gasteiger partial charge is 0.481 e. The van der Waals surface area contributed by atoms with Gasteiger partial charge in [-0.25, -0.2) is 15.2 Å². The number of carboxylic acids is 1. The normalized spacial score (nSPS) is 20.0. The molecule has 1 aliphatic heterocycles. The number of hydrogen-bond acceptors (Lipinski definition) is 4. The van der Waals surface area contributed by atoms with Gasteiger partial charge in [-0.05, 0) is 37.0 Å². The zero-order chi connectivity index (χ0) is 17.4. The van der Waals surface area contributed by atoms with Crippen LogP contribution in [0.1, 0.15) is 50.1 Å². The summed E-state index contributed by atoms with van der Waals surface area (Å²) in [5.41, 5.74) is 6.98. The molecule has 1 fully saturated rings. The Morgan fingerprint density at radius 2 is 1.83 bits per heavy atom. The molecule has 1 amide bonds. The predicted molar refractivity (Wildman–Crippen MR) is 87.5 cm³/mol. The Hall–Kier alpha value is -1.99. The monoisotopic (exact) mass is 337 g/mol. The van der Waals surface area contributed by atoms with Crippen LogP contribution in [0.2, 0.25) is 0 Å². The van der Waals surface area contributed by atoms with Gasteiger partial charge in [0.15, 0.2) is 0 Å². The molecule has 24 heavy (non-hydrogen) atoms. The minimum atomic E-state index is -0.765. The van der Waals surface area contributed by atoms with Gasteiger partial charge in [-0.1, -0.05) is 25.0 Å². The Kier molecular flexibility index (Phi) is 7.14. The highest BCUT2D eigenvalue weighted by Gasteiger charge is 2.29. The summed E-state index contributed by atoms with van der Waals surface area (Å²) in [5, 5.41) is 11.4. The van der Waals surface area contributed by atoms with Crippen LogP contribution < -0.4 is 16.2 Å². The van der Waals surface area contributed by atoms with Crippen molar-refractivity contribution < 1.29 is 19.1 Å². The van der Waals surface area contributed by atoms with Crippen molar-refractivity contribution in [2.45, 2.75) is 50.6 Å². The summed E-state index contributed by atoms with van der Waals surface area (Å²) in [6, 6.07) is 5.92. The molecule has 2 unspecified atom stereocenters. The van der Waals surface area contributed by atoms with Gasteiger partial charge in [0.1, 0.15) is 11.9 Å². The van der Waals surface area contributed by atoms with E-state index in [0.717, 1.165) is 24.8 Å². The summed E-state index contributed by atoms with van der Waals surface area (Å²) in [7, 11) is 0. The van der Waals surface area contributed by atoms with Crippen molar-refractivity contribution >= 4 is 11.9 Å². The number of aliphatic carboxylic acids is 1. The second-order valence-electron chi connectivity index (χ2n) is 6.03. The summed E-state index contributed by atoms with van der Waals surface area (Å²) in [4.78, 5) is 22.5. The van der Waals surface area contributed by atoms with E-state index in [-0.39, 0.29) is 30.2 Å². The summed E-state index contributed by atoms with van der Waals surface area (Å²) in [6.07, 6.45) is 4.09. The molecule has 0 radical (unpaired) electrons. The Labute approximate surface area is 140 Å². The minimum absolute atomic E-state index is 0.0163. The van der Waals surface area contributed by atoms with Crippen LogP contribution in [0.5, 0.6) is 0 Å². The van der Waals surface area contributed by atoms with E-state index in [4.69, 9.17) is 5.11 Å². The molecule has 2 rings (SSSR count). The highest BCUT2D eigenvalue weighted by molar-refractivity contribution is 5.82. The van der Waals surface area contributed by atoms with Crippen LogP contribution in [-0.2, 0) is 9.59 Å². The molecular formula is C17H24FN3O3. The van der Waals surface area contributed by atoms with Crippen molar-refractivity contribution in [3.05, 3.63) is 35.6 Å². The van der Waals surface area contributed by atoms with E-state index >= 15 is 0 Å². The fourth-order valence-corrected chi connectivity index (χ4v) is 2.73. The lowest BCUT2D eigenvalue weighted by molar-refractivity contribution is -0.137. The van der Waals surface area contributed by atoms with Gasteiger partial charge in [0, 0.05) is 19.0 Å². The van der Waals surface area contributed by atoms with E-state index in [2.05, 4.69) is 16.2 Å². The number of halogens is 1. The number of unbranched alkanes of at least 4 members (excludes halogenated alkanes) is 3. The third kappa shape index (κ3) is 5.90. The maximum atomic E-state index is 12.9. The number of carbonyl (C=O) groups excluding carboxylic acids is 1. The number of carboxylic acid groups (broad SMARTS) is 1. The molecule has 0 bridgehead atoms. The first-order valence-electron chi connectivity index (χ1n) is 8.32. The van der Waals surface area contributed by atoms with Gasteiger partial charge in [-0.3, -0.25) is 9.59 Å². The number of hydrogen-bond donors (Lipinski definition) is 4. The number of benzene rings is 1. The van der Waals surface area contributed by atoms with Gasteiger partial charge in [0.2, 0.25) is 5.91 Å². The molecule has 0 saturated carbocycles. The van der Waals surface area contributed by atoms with E-state index in [0.29, 0.717) is 19.4 Å². The topological polar surface area (TPSA) is 90.5 Å². The zero-order valence-electron chi connectivity index (χ0n) is 13.6. The minimum Gasteiger partial charge on any atom is -0.481 e. The average Bonchev–Trinajstić information content (AvgIpc) is 3.04. The van der Waals surface area contributed by atoms with E-state index in [1.54, 1.807) is 12.1 Å². The first-order valence-corrected chi connectivity index (χ1v) is 8.32. The van der Waals surface area contributed by atoms with Crippen LogP contribution in [0.25, 0.3) is 0 Å². The molecule has 4 N–H and O–H groups in total. The third-order valence-corrected chi connectivity index (χ3v) is 4.11. The van der Waals surface area contributed by atoms with Crippen LogP contribution in [0.3, 0.4) is 0 Å². The number of amides is 1. The molecular weight excluding hydrogens is 313 g/mol. The summed E-state index contributed by atoms with van der Waals surface area (Å²) in [6.45, 7) is 0.589. The van der Waals surface area contributed by atoms with E-state index in [1.165, 1.54) is 12.1 Å². The first-order chi connectivity index (χ1) is 11.6. The van der Waals surface area contributed by atoms with Gasteiger partial charge in [-0.15, -0.1) is 0 Å². The molecule has 132 valence electrons. The lowest BCUT2D eigenvalue weighted by Crippen LogP contribution is -2.43. The molecule has 2 atom stereocenters. The second-order valence-corrected chi connectivity index (χ2v) is 6.03. The molecule has 1 aliphatic rings. The van der Waals surface area contributed by atoms with Crippen LogP contribution in [0, 0.1) is 5.82 Å². The van der Waals surface area contributed by atoms with Crippen molar-refractivity contribution in [2.24, 2.45) is 0 Å². The Bertz CT molecular complexity index is 551. The van der Waals surface area contributed by atoms with Gasteiger partial charge in [-0.2, -0.15) is 0 Å². The quantitative estimate of drug-likeness (QED) is 0.517. The second kappa shape index (κ2) is 9.34. The summed E-state index contributed by atoms with van der Waals surface area (Å²) >= 11 is 0. The predicted octanol–water partition coefficient (Wildman–Crippen LogP) is 1.88. The average molecular weight is 337 g/mol. The Balaban J connectivity index is 1.62. The molecule has 0 aromatic heterocycles. The van der Waals surface area contributed by atoms with Crippen molar-refractivity contribution in [2.75, 3.05) is 6.54 Å². The lowest BCUT2D eigenvalue weighted by Gasteiger charge is -2.10. The number of rotatable bonds is 9. The van der Waals surface area contributed by atoms with Crippen LogP contribution >= 0.6 is 0 Å². The molecule has 1 heterocycles. The van der Waals surface area contributed by atoms with Gasteiger partial charge >= 0.3 is 5.97 Å². The molecule has 0 spiro atoms. The summed E-state index contributed by atoms with van der Waals surface area (Å²) in [5.74, 6) is -1.10. The fraction of sp³-hybridized carbons (Fsp3) is 0.529. The lowest BCUT2D eigenvalue weighted by atomic mass is 10.0. The van der Waals surface area contributed by atoms with Crippen molar-refractivity contribution in [1.29, 1.82) is 0 Å². The first kappa shape index (κ1) is 18.4. The highest BCUT2D eigenvalue weighted by atomic mass is 19.1. The summed E-state index contributed by atoms with van der Waals surface area (Å²) < 4.78 is 12.9. The molecule has 1 saturated heterocycles. The third-order valence-electron chi connectivity index (χ3n) is 4.11. The maximum Gasteiger partial charge on any atom is 0.303 e. The molecule has 0 aliphatic carbocycles. The van der Waals surface area contributed by atoms with Crippen LogP contribution in [0.15, 0.2) is 24.3 Å². The zero-order valence-corrected chi connectivity index (χ0v) is 13.6. The maximum absolute atomic E-state index is 12.9. The van der Waals surface area contributed by atoms with E-state index in [1.807, 2.05) is 0 Å². The van der Waals surface area contributed by atoms with Gasteiger partial charge in [0.05, 0.1) is 0 Å². The van der Waals surface area contributed by atoms with Crippen LogP contribution in [0.4, 0.5) is 4.39 Å². The molecule has 7 heteroatoms. The van der Waals surface area contributed by atoms with Gasteiger partial charge < -0.3 is 10.4 Å². The molecule has 1 aromatic rings. The van der Waals surface area contributed by atoms with E-state index in [9.17, 15) is 14.0 Å². The van der Waals surface area contributed by atoms with Gasteiger partial charge in [0.25, 0.3) is 0 Å². The number of hydrazine groups is 1. The van der Waals surface area contributed by atoms with E-state index < -0.39 is 5.97 Å².